The van der Waals surface area contributed by atoms with Crippen LogP contribution in [0.2, 0.25) is 0 Å². The lowest BCUT2D eigenvalue weighted by molar-refractivity contribution is -0.159. The Morgan fingerprint density at radius 2 is 1.69 bits per heavy atom. The van der Waals surface area contributed by atoms with Crippen LogP contribution in [0.25, 0.3) is 0 Å². The first kappa shape index (κ1) is 10.6. The van der Waals surface area contributed by atoms with Crippen LogP contribution in [0.15, 0.2) is 0 Å². The molecule has 0 aromatic heterocycles. The smallest absolute Gasteiger partial charge is 0.312 e. The molecule has 0 N–H and O–H groups in total. The lowest BCUT2D eigenvalue weighted by Gasteiger charge is -2.39. The molecule has 0 aromatic carbocycles. The molecule has 2 heteroatoms. The second-order valence-electron chi connectivity index (χ2n) is 5.03. The van der Waals surface area contributed by atoms with Crippen molar-refractivity contribution in [2.75, 3.05) is 7.11 Å². The van der Waals surface area contributed by atoms with Crippen LogP contribution in [0.1, 0.15) is 46.5 Å². The summed E-state index contributed by atoms with van der Waals surface area (Å²) >= 11 is 0. The van der Waals surface area contributed by atoms with Gasteiger partial charge >= 0.3 is 5.97 Å². The largest absolute Gasteiger partial charge is 0.469 e. The number of hydrogen-bond acceptors (Lipinski definition) is 2. The molecule has 0 aromatic rings. The van der Waals surface area contributed by atoms with Gasteiger partial charge in [-0.15, -0.1) is 0 Å². The third-order valence-corrected chi connectivity index (χ3v) is 3.47. The Balaban J connectivity index is 2.94. The second kappa shape index (κ2) is 3.32. The monoisotopic (exact) mass is 184 g/mol. The van der Waals surface area contributed by atoms with Crippen molar-refractivity contribution < 1.29 is 9.53 Å². The van der Waals surface area contributed by atoms with Crippen molar-refractivity contribution in [2.24, 2.45) is 10.8 Å². The zero-order chi connectivity index (χ0) is 10.1. The average molecular weight is 184 g/mol. The van der Waals surface area contributed by atoms with Crippen molar-refractivity contribution in [1.29, 1.82) is 0 Å². The molecular weight excluding hydrogens is 164 g/mol. The first-order valence-electron chi connectivity index (χ1n) is 5.02. The van der Waals surface area contributed by atoms with Crippen LogP contribution in [-0.4, -0.2) is 13.1 Å². The van der Waals surface area contributed by atoms with Gasteiger partial charge < -0.3 is 4.74 Å². The van der Waals surface area contributed by atoms with E-state index in [1.54, 1.807) is 0 Å². The van der Waals surface area contributed by atoms with Crippen molar-refractivity contribution in [1.82, 2.24) is 0 Å². The highest BCUT2D eigenvalue weighted by atomic mass is 16.5. The first-order chi connectivity index (χ1) is 5.94. The van der Waals surface area contributed by atoms with Crippen molar-refractivity contribution in [3.63, 3.8) is 0 Å². The molecule has 0 saturated heterocycles. The molecule has 0 heterocycles. The van der Waals surface area contributed by atoms with Gasteiger partial charge in [0.15, 0.2) is 0 Å². The van der Waals surface area contributed by atoms with Gasteiger partial charge in [-0.3, -0.25) is 4.79 Å². The van der Waals surface area contributed by atoms with Crippen LogP contribution in [0, 0.1) is 10.8 Å². The molecule has 0 atom stereocenters. The molecule has 0 amide bonds. The van der Waals surface area contributed by atoms with Crippen LogP contribution in [0.3, 0.4) is 0 Å². The summed E-state index contributed by atoms with van der Waals surface area (Å²) < 4.78 is 4.93. The minimum Gasteiger partial charge on any atom is -0.469 e. The van der Waals surface area contributed by atoms with Gasteiger partial charge in [-0.05, 0) is 18.3 Å². The van der Waals surface area contributed by atoms with Gasteiger partial charge in [-0.25, -0.2) is 0 Å². The number of rotatable bonds is 1. The Labute approximate surface area is 80.7 Å². The van der Waals surface area contributed by atoms with E-state index < -0.39 is 0 Å². The number of methoxy groups -OCH3 is 1. The van der Waals surface area contributed by atoms with Gasteiger partial charge in [0.2, 0.25) is 0 Å². The van der Waals surface area contributed by atoms with Crippen molar-refractivity contribution in [2.45, 2.75) is 46.5 Å². The van der Waals surface area contributed by atoms with Gasteiger partial charge in [0, 0.05) is 0 Å². The Bertz CT molecular complexity index is 195. The second-order valence-corrected chi connectivity index (χ2v) is 5.03. The summed E-state index contributed by atoms with van der Waals surface area (Å²) in [6, 6.07) is 0. The molecule has 1 fully saturated rings. The van der Waals surface area contributed by atoms with E-state index >= 15 is 0 Å². The maximum atomic E-state index is 11.8. The maximum absolute atomic E-state index is 11.8. The van der Waals surface area contributed by atoms with E-state index in [0.29, 0.717) is 0 Å². The highest BCUT2D eigenvalue weighted by molar-refractivity contribution is 5.78. The Morgan fingerprint density at radius 3 is 2.00 bits per heavy atom. The SMILES string of the molecule is COC(=O)C1(C(C)(C)C)CCCC1. The molecule has 0 aliphatic heterocycles. The van der Waals surface area contributed by atoms with E-state index in [-0.39, 0.29) is 16.8 Å². The summed E-state index contributed by atoms with van der Waals surface area (Å²) in [4.78, 5) is 11.8. The molecular formula is C11H20O2. The number of carbonyl (C=O) groups excluding carboxylic acids is 1. The highest BCUT2D eigenvalue weighted by Crippen LogP contribution is 2.51. The van der Waals surface area contributed by atoms with Crippen molar-refractivity contribution in [3.05, 3.63) is 0 Å². The average Bonchev–Trinajstić information content (AvgIpc) is 2.50. The Kier molecular flexibility index (Phi) is 2.69. The number of carbonyl (C=O) groups is 1. The fourth-order valence-corrected chi connectivity index (χ4v) is 2.43. The summed E-state index contributed by atoms with van der Waals surface area (Å²) in [5, 5.41) is 0. The molecule has 0 radical (unpaired) electrons. The van der Waals surface area contributed by atoms with E-state index in [2.05, 4.69) is 20.8 Å². The molecule has 13 heavy (non-hydrogen) atoms. The fourth-order valence-electron chi connectivity index (χ4n) is 2.43. The number of hydrogen-bond donors (Lipinski definition) is 0. The summed E-state index contributed by atoms with van der Waals surface area (Å²) in [6.45, 7) is 6.40. The normalized spacial score (nSPS) is 21.5. The molecule has 1 aliphatic rings. The third kappa shape index (κ3) is 1.59. The molecule has 1 aliphatic carbocycles. The number of esters is 1. The van der Waals surface area contributed by atoms with Crippen molar-refractivity contribution in [3.8, 4) is 0 Å². The lowest BCUT2D eigenvalue weighted by Crippen LogP contribution is -2.41. The lowest BCUT2D eigenvalue weighted by atomic mass is 9.65. The molecule has 2 nitrogen and oxygen atoms in total. The number of ether oxygens (including phenoxy) is 1. The molecule has 0 spiro atoms. The predicted octanol–water partition coefficient (Wildman–Crippen LogP) is 2.77. The van der Waals surface area contributed by atoms with Gasteiger partial charge in [-0.1, -0.05) is 33.6 Å². The fraction of sp³-hybridized carbons (Fsp3) is 0.909. The molecule has 1 saturated carbocycles. The Hall–Kier alpha value is -0.530. The van der Waals surface area contributed by atoms with Gasteiger partial charge in [-0.2, -0.15) is 0 Å². The van der Waals surface area contributed by atoms with E-state index in [1.807, 2.05) is 0 Å². The predicted molar refractivity (Wildman–Crippen MR) is 52.4 cm³/mol. The summed E-state index contributed by atoms with van der Waals surface area (Å²) in [7, 11) is 1.49. The Morgan fingerprint density at radius 1 is 1.23 bits per heavy atom. The molecule has 0 bridgehead atoms. The summed E-state index contributed by atoms with van der Waals surface area (Å²) in [5.74, 6) is -0.0162. The van der Waals surface area contributed by atoms with Crippen LogP contribution in [0.4, 0.5) is 0 Å². The summed E-state index contributed by atoms with van der Waals surface area (Å²) in [5.41, 5.74) is -0.196. The topological polar surface area (TPSA) is 26.3 Å². The van der Waals surface area contributed by atoms with Crippen LogP contribution >= 0.6 is 0 Å². The van der Waals surface area contributed by atoms with E-state index in [9.17, 15) is 4.79 Å². The van der Waals surface area contributed by atoms with Crippen molar-refractivity contribution >= 4 is 5.97 Å². The first-order valence-corrected chi connectivity index (χ1v) is 5.02. The van der Waals surface area contributed by atoms with Gasteiger partial charge in [0.1, 0.15) is 0 Å². The molecule has 0 unspecified atom stereocenters. The van der Waals surface area contributed by atoms with Crippen LogP contribution in [-0.2, 0) is 9.53 Å². The minimum absolute atomic E-state index is 0.0162. The van der Waals surface area contributed by atoms with Crippen LogP contribution < -0.4 is 0 Å². The zero-order valence-corrected chi connectivity index (χ0v) is 9.14. The van der Waals surface area contributed by atoms with Gasteiger partial charge in [0.05, 0.1) is 12.5 Å². The van der Waals surface area contributed by atoms with E-state index in [1.165, 1.54) is 7.11 Å². The standard InChI is InChI=1S/C11H20O2/c1-10(2,3)11(9(12)13-4)7-5-6-8-11/h5-8H2,1-4H3. The van der Waals surface area contributed by atoms with Crippen LogP contribution in [0.5, 0.6) is 0 Å². The summed E-state index contributed by atoms with van der Waals surface area (Å²) in [6.07, 6.45) is 4.30. The maximum Gasteiger partial charge on any atom is 0.312 e. The molecule has 76 valence electrons. The van der Waals surface area contributed by atoms with E-state index in [4.69, 9.17) is 4.74 Å². The van der Waals surface area contributed by atoms with E-state index in [0.717, 1.165) is 25.7 Å². The zero-order valence-electron chi connectivity index (χ0n) is 9.14. The third-order valence-electron chi connectivity index (χ3n) is 3.47. The highest BCUT2D eigenvalue weighted by Gasteiger charge is 2.50. The molecule has 1 rings (SSSR count). The quantitative estimate of drug-likeness (QED) is 0.586. The van der Waals surface area contributed by atoms with Gasteiger partial charge in [0.25, 0.3) is 0 Å². The minimum atomic E-state index is -0.220.